The van der Waals surface area contributed by atoms with Crippen molar-refractivity contribution in [2.24, 2.45) is 5.92 Å². The minimum atomic E-state index is 0.625. The van der Waals surface area contributed by atoms with Crippen LogP contribution in [0.1, 0.15) is 45.1 Å². The lowest BCUT2D eigenvalue weighted by Crippen LogP contribution is -2.33. The Kier molecular flexibility index (Phi) is 6.55. The molecule has 0 aliphatic carbocycles. The average molecular weight is 274 g/mol. The Balaban J connectivity index is 1.74. The Morgan fingerprint density at radius 3 is 2.70 bits per heavy atom. The van der Waals surface area contributed by atoms with Crippen LogP contribution in [0.25, 0.3) is 0 Å². The van der Waals surface area contributed by atoms with E-state index in [1.54, 1.807) is 0 Å². The summed E-state index contributed by atoms with van der Waals surface area (Å²) < 4.78 is 0. The molecule has 112 valence electrons. The summed E-state index contributed by atoms with van der Waals surface area (Å²) in [6.07, 6.45) is 5.50. The molecule has 0 radical (unpaired) electrons. The molecule has 1 atom stereocenters. The number of hydrogen-bond donors (Lipinski definition) is 1. The number of benzene rings is 1. The van der Waals surface area contributed by atoms with Crippen molar-refractivity contribution in [3.05, 3.63) is 35.9 Å². The molecule has 1 N–H and O–H groups in total. The third-order valence-corrected chi connectivity index (χ3v) is 4.42. The Morgan fingerprint density at radius 2 is 2.05 bits per heavy atom. The zero-order valence-electron chi connectivity index (χ0n) is 13.1. The van der Waals surface area contributed by atoms with Crippen molar-refractivity contribution in [2.45, 2.75) is 52.1 Å². The van der Waals surface area contributed by atoms with E-state index < -0.39 is 0 Å². The Hall–Kier alpha value is -0.860. The molecule has 1 aliphatic heterocycles. The highest BCUT2D eigenvalue weighted by Crippen LogP contribution is 2.17. The van der Waals surface area contributed by atoms with Crippen molar-refractivity contribution in [3.8, 4) is 0 Å². The minimum absolute atomic E-state index is 0.625. The first-order chi connectivity index (χ1) is 9.75. The smallest absolute Gasteiger partial charge is 0.0236 e. The lowest BCUT2D eigenvalue weighted by Gasteiger charge is -2.28. The molecule has 2 rings (SSSR count). The van der Waals surface area contributed by atoms with E-state index in [0.29, 0.717) is 6.04 Å². The summed E-state index contributed by atoms with van der Waals surface area (Å²) in [5, 5.41) is 3.52. The van der Waals surface area contributed by atoms with Gasteiger partial charge in [-0.05, 0) is 70.6 Å². The standard InChI is InChI=1S/C18H30N2/c1-16(2)20(15-18-8-4-3-5-9-18)13-7-11-17-10-6-12-19-14-17/h3-5,8-9,16-17,19H,6-7,10-15H2,1-2H3. The fourth-order valence-electron chi connectivity index (χ4n) is 3.09. The summed E-state index contributed by atoms with van der Waals surface area (Å²) in [4.78, 5) is 2.60. The second-order valence-corrected chi connectivity index (χ2v) is 6.40. The van der Waals surface area contributed by atoms with Crippen molar-refractivity contribution < 1.29 is 0 Å². The van der Waals surface area contributed by atoms with Gasteiger partial charge in [0, 0.05) is 12.6 Å². The van der Waals surface area contributed by atoms with Gasteiger partial charge in [0.2, 0.25) is 0 Å². The Labute approximate surface area is 124 Å². The topological polar surface area (TPSA) is 15.3 Å². The van der Waals surface area contributed by atoms with E-state index >= 15 is 0 Å². The van der Waals surface area contributed by atoms with Crippen molar-refractivity contribution in [1.29, 1.82) is 0 Å². The largest absolute Gasteiger partial charge is 0.316 e. The maximum absolute atomic E-state index is 3.52. The average Bonchev–Trinajstić information content (AvgIpc) is 2.48. The van der Waals surface area contributed by atoms with Crippen molar-refractivity contribution >= 4 is 0 Å². The predicted octanol–water partition coefficient (Wildman–Crippen LogP) is 3.68. The van der Waals surface area contributed by atoms with Crippen LogP contribution in [0.2, 0.25) is 0 Å². The summed E-state index contributed by atoms with van der Waals surface area (Å²) in [7, 11) is 0. The van der Waals surface area contributed by atoms with Crippen molar-refractivity contribution in [1.82, 2.24) is 10.2 Å². The lowest BCUT2D eigenvalue weighted by molar-refractivity contribution is 0.200. The number of nitrogens with one attached hydrogen (secondary N) is 1. The molecular formula is C18H30N2. The third kappa shape index (κ3) is 5.26. The van der Waals surface area contributed by atoms with Gasteiger partial charge in [-0.15, -0.1) is 0 Å². The van der Waals surface area contributed by atoms with E-state index in [2.05, 4.69) is 54.4 Å². The van der Waals surface area contributed by atoms with Crippen molar-refractivity contribution in [3.63, 3.8) is 0 Å². The first-order valence-electron chi connectivity index (χ1n) is 8.24. The first kappa shape index (κ1) is 15.5. The molecule has 1 saturated heterocycles. The summed E-state index contributed by atoms with van der Waals surface area (Å²) in [5.41, 5.74) is 1.43. The second kappa shape index (κ2) is 8.43. The molecule has 1 unspecified atom stereocenters. The highest BCUT2D eigenvalue weighted by atomic mass is 15.1. The quantitative estimate of drug-likeness (QED) is 0.816. The van der Waals surface area contributed by atoms with Crippen LogP contribution in [0.4, 0.5) is 0 Å². The maximum atomic E-state index is 3.52. The first-order valence-corrected chi connectivity index (χ1v) is 8.24. The zero-order chi connectivity index (χ0) is 14.2. The monoisotopic (exact) mass is 274 g/mol. The highest BCUT2D eigenvalue weighted by molar-refractivity contribution is 5.14. The summed E-state index contributed by atoms with van der Waals surface area (Å²) in [6.45, 7) is 9.39. The van der Waals surface area contributed by atoms with Gasteiger partial charge in [0.1, 0.15) is 0 Å². The van der Waals surface area contributed by atoms with E-state index in [4.69, 9.17) is 0 Å². The Bertz CT molecular complexity index is 355. The molecule has 1 aromatic rings. The molecule has 1 aromatic carbocycles. The Morgan fingerprint density at radius 1 is 1.25 bits per heavy atom. The number of hydrogen-bond acceptors (Lipinski definition) is 2. The van der Waals surface area contributed by atoms with E-state index in [9.17, 15) is 0 Å². The minimum Gasteiger partial charge on any atom is -0.316 e. The molecule has 1 aliphatic rings. The van der Waals surface area contributed by atoms with Gasteiger partial charge in [-0.25, -0.2) is 0 Å². The molecule has 2 heteroatoms. The SMILES string of the molecule is CC(C)N(CCCC1CCCNC1)Cc1ccccc1. The molecule has 2 nitrogen and oxygen atoms in total. The van der Waals surface area contributed by atoms with Gasteiger partial charge in [-0.3, -0.25) is 4.90 Å². The van der Waals surface area contributed by atoms with Crippen LogP contribution in [0.15, 0.2) is 30.3 Å². The number of rotatable bonds is 7. The molecule has 20 heavy (non-hydrogen) atoms. The van der Waals surface area contributed by atoms with Gasteiger partial charge >= 0.3 is 0 Å². The molecular weight excluding hydrogens is 244 g/mol. The molecule has 0 aromatic heterocycles. The van der Waals surface area contributed by atoms with Gasteiger partial charge < -0.3 is 5.32 Å². The van der Waals surface area contributed by atoms with E-state index in [-0.39, 0.29) is 0 Å². The van der Waals surface area contributed by atoms with Crippen LogP contribution in [-0.4, -0.2) is 30.6 Å². The molecule has 1 fully saturated rings. The normalized spacial score (nSPS) is 19.7. The van der Waals surface area contributed by atoms with Gasteiger partial charge in [0.05, 0.1) is 0 Å². The van der Waals surface area contributed by atoms with Crippen LogP contribution in [0, 0.1) is 5.92 Å². The maximum Gasteiger partial charge on any atom is 0.0236 e. The zero-order valence-corrected chi connectivity index (χ0v) is 13.1. The third-order valence-electron chi connectivity index (χ3n) is 4.42. The van der Waals surface area contributed by atoms with Crippen LogP contribution in [0.3, 0.4) is 0 Å². The lowest BCUT2D eigenvalue weighted by atomic mass is 9.94. The van der Waals surface area contributed by atoms with Crippen LogP contribution < -0.4 is 5.32 Å². The van der Waals surface area contributed by atoms with E-state index in [0.717, 1.165) is 12.5 Å². The highest BCUT2D eigenvalue weighted by Gasteiger charge is 2.14. The van der Waals surface area contributed by atoms with Crippen molar-refractivity contribution in [2.75, 3.05) is 19.6 Å². The molecule has 1 heterocycles. The fraction of sp³-hybridized carbons (Fsp3) is 0.667. The molecule has 0 spiro atoms. The van der Waals surface area contributed by atoms with Gasteiger partial charge in [-0.2, -0.15) is 0 Å². The second-order valence-electron chi connectivity index (χ2n) is 6.40. The van der Waals surface area contributed by atoms with E-state index in [1.165, 1.54) is 50.9 Å². The number of piperidine rings is 1. The van der Waals surface area contributed by atoms with Crippen LogP contribution >= 0.6 is 0 Å². The summed E-state index contributed by atoms with van der Waals surface area (Å²) in [6, 6.07) is 11.5. The van der Waals surface area contributed by atoms with Crippen LogP contribution in [-0.2, 0) is 6.54 Å². The van der Waals surface area contributed by atoms with Crippen LogP contribution in [0.5, 0.6) is 0 Å². The fourth-order valence-corrected chi connectivity index (χ4v) is 3.09. The van der Waals surface area contributed by atoms with Gasteiger partial charge in [-0.1, -0.05) is 30.3 Å². The molecule has 0 saturated carbocycles. The predicted molar refractivity (Wildman–Crippen MR) is 86.8 cm³/mol. The van der Waals surface area contributed by atoms with E-state index in [1.807, 2.05) is 0 Å². The van der Waals surface area contributed by atoms with Gasteiger partial charge in [0.25, 0.3) is 0 Å². The molecule has 0 bridgehead atoms. The summed E-state index contributed by atoms with van der Waals surface area (Å²) in [5.74, 6) is 0.912. The summed E-state index contributed by atoms with van der Waals surface area (Å²) >= 11 is 0. The van der Waals surface area contributed by atoms with Gasteiger partial charge in [0.15, 0.2) is 0 Å². The molecule has 0 amide bonds. The number of nitrogens with zero attached hydrogens (tertiary/aromatic N) is 1.